The number of nitrogens with zero attached hydrogens (tertiary/aromatic N) is 3. The zero-order valence-electron chi connectivity index (χ0n) is 11.2. The molecule has 1 rings (SSSR count). The lowest BCUT2D eigenvalue weighted by Crippen LogP contribution is -2.32. The van der Waals surface area contributed by atoms with Gasteiger partial charge in [0.05, 0.1) is 12.2 Å². The van der Waals surface area contributed by atoms with Gasteiger partial charge in [0.1, 0.15) is 0 Å². The van der Waals surface area contributed by atoms with Crippen LogP contribution in [0.2, 0.25) is 0 Å². The molecule has 0 unspecified atom stereocenters. The summed E-state index contributed by atoms with van der Waals surface area (Å²) < 4.78 is 0. The molecule has 6 heteroatoms. The Kier molecular flexibility index (Phi) is 5.03. The lowest BCUT2D eigenvalue weighted by molar-refractivity contribution is -0.116. The van der Waals surface area contributed by atoms with Crippen LogP contribution in [0.5, 0.6) is 0 Å². The van der Waals surface area contributed by atoms with Crippen molar-refractivity contribution in [1.29, 1.82) is 0 Å². The molecule has 4 N–H and O–H groups in total. The van der Waals surface area contributed by atoms with Crippen LogP contribution >= 0.6 is 0 Å². The molecule has 0 aromatic carbocycles. The number of primary amides is 1. The summed E-state index contributed by atoms with van der Waals surface area (Å²) in [5.74, 6) is 0.241. The minimum atomic E-state index is -0.403. The number of aryl methyl sites for hydroxylation is 1. The number of carbonyl (C=O) groups excluding carboxylic acids is 1. The molecule has 0 radical (unpaired) electrons. The molecule has 100 valence electrons. The second kappa shape index (κ2) is 6.30. The van der Waals surface area contributed by atoms with Crippen molar-refractivity contribution < 1.29 is 4.79 Å². The number of aromatic nitrogens is 2. The van der Waals surface area contributed by atoms with Gasteiger partial charge in [-0.15, -0.1) is 5.10 Å². The maximum absolute atomic E-state index is 11.0. The molecule has 0 bridgehead atoms. The van der Waals surface area contributed by atoms with E-state index in [4.69, 9.17) is 11.5 Å². The SMILES string of the molecule is CCc1nnc(N(C)CC(N)=O)c(CN)c1CC. The number of hydrogen-bond acceptors (Lipinski definition) is 5. The molecule has 6 nitrogen and oxygen atoms in total. The first-order valence-corrected chi connectivity index (χ1v) is 6.11. The number of likely N-dealkylation sites (N-methyl/N-ethyl adjacent to an activating group) is 1. The number of hydrogen-bond donors (Lipinski definition) is 2. The summed E-state index contributed by atoms with van der Waals surface area (Å²) in [6.45, 7) is 4.59. The van der Waals surface area contributed by atoms with Gasteiger partial charge in [-0.1, -0.05) is 13.8 Å². The third kappa shape index (κ3) is 2.95. The Morgan fingerprint density at radius 2 is 1.89 bits per heavy atom. The molecule has 0 aliphatic heterocycles. The predicted molar refractivity (Wildman–Crippen MR) is 71.1 cm³/mol. The Morgan fingerprint density at radius 1 is 1.22 bits per heavy atom. The smallest absolute Gasteiger partial charge is 0.236 e. The van der Waals surface area contributed by atoms with E-state index in [9.17, 15) is 4.79 Å². The van der Waals surface area contributed by atoms with Gasteiger partial charge in [-0.3, -0.25) is 4.79 Å². The van der Waals surface area contributed by atoms with E-state index in [1.54, 1.807) is 11.9 Å². The van der Waals surface area contributed by atoms with Crippen LogP contribution in [0.15, 0.2) is 0 Å². The summed E-state index contributed by atoms with van der Waals surface area (Å²) >= 11 is 0. The molecular weight excluding hydrogens is 230 g/mol. The van der Waals surface area contributed by atoms with Crippen molar-refractivity contribution in [2.24, 2.45) is 11.5 Å². The third-order valence-electron chi connectivity index (χ3n) is 2.90. The van der Waals surface area contributed by atoms with Gasteiger partial charge in [-0.2, -0.15) is 5.10 Å². The van der Waals surface area contributed by atoms with Gasteiger partial charge >= 0.3 is 0 Å². The monoisotopic (exact) mass is 251 g/mol. The van der Waals surface area contributed by atoms with E-state index < -0.39 is 5.91 Å². The fraction of sp³-hybridized carbons (Fsp3) is 0.583. The maximum atomic E-state index is 11.0. The van der Waals surface area contributed by atoms with Gasteiger partial charge in [-0.25, -0.2) is 0 Å². The van der Waals surface area contributed by atoms with Gasteiger partial charge in [0.25, 0.3) is 0 Å². The second-order valence-corrected chi connectivity index (χ2v) is 4.16. The van der Waals surface area contributed by atoms with E-state index in [2.05, 4.69) is 17.1 Å². The standard InChI is InChI=1S/C12H21N5O/c1-4-8-9(6-13)12(16-15-10(8)5-2)17(3)7-11(14)18/h4-7,13H2,1-3H3,(H2,14,18). The maximum Gasteiger partial charge on any atom is 0.236 e. The van der Waals surface area contributed by atoms with Crippen LogP contribution in [0.3, 0.4) is 0 Å². The van der Waals surface area contributed by atoms with Crippen LogP contribution in [-0.4, -0.2) is 29.7 Å². The van der Waals surface area contributed by atoms with Crippen molar-refractivity contribution in [3.63, 3.8) is 0 Å². The van der Waals surface area contributed by atoms with Crippen LogP contribution in [0, 0.1) is 0 Å². The average molecular weight is 251 g/mol. The Balaban J connectivity index is 3.23. The molecule has 0 spiro atoms. The normalized spacial score (nSPS) is 10.4. The highest BCUT2D eigenvalue weighted by molar-refractivity contribution is 5.79. The molecule has 0 saturated heterocycles. The van der Waals surface area contributed by atoms with E-state index in [1.807, 2.05) is 6.92 Å². The summed E-state index contributed by atoms with van der Waals surface area (Å²) in [7, 11) is 1.76. The third-order valence-corrected chi connectivity index (χ3v) is 2.90. The first-order valence-electron chi connectivity index (χ1n) is 6.11. The lowest BCUT2D eigenvalue weighted by atomic mass is 10.0. The summed E-state index contributed by atoms with van der Waals surface area (Å²) in [6, 6.07) is 0. The molecular formula is C12H21N5O. The van der Waals surface area contributed by atoms with E-state index in [1.165, 1.54) is 0 Å². The minimum Gasteiger partial charge on any atom is -0.368 e. The van der Waals surface area contributed by atoms with E-state index in [0.717, 1.165) is 29.7 Å². The molecule has 1 aromatic rings. The van der Waals surface area contributed by atoms with E-state index >= 15 is 0 Å². The topological polar surface area (TPSA) is 98.1 Å². The molecule has 1 aromatic heterocycles. The molecule has 0 fully saturated rings. The Hall–Kier alpha value is -1.69. The van der Waals surface area contributed by atoms with E-state index in [0.29, 0.717) is 12.4 Å². The van der Waals surface area contributed by atoms with Gasteiger partial charge in [0.2, 0.25) is 5.91 Å². The molecule has 1 amide bonds. The molecule has 0 aliphatic carbocycles. The van der Waals surface area contributed by atoms with Gasteiger partial charge < -0.3 is 16.4 Å². The van der Waals surface area contributed by atoms with Crippen molar-refractivity contribution in [3.8, 4) is 0 Å². The first kappa shape index (κ1) is 14.4. The van der Waals surface area contributed by atoms with Crippen LogP contribution in [0.4, 0.5) is 5.82 Å². The summed E-state index contributed by atoms with van der Waals surface area (Å²) in [4.78, 5) is 12.7. The highest BCUT2D eigenvalue weighted by Gasteiger charge is 2.16. The Bertz CT molecular complexity index is 433. The largest absolute Gasteiger partial charge is 0.368 e. The van der Waals surface area contributed by atoms with Gasteiger partial charge in [0.15, 0.2) is 5.82 Å². The summed E-state index contributed by atoms with van der Waals surface area (Å²) in [6.07, 6.45) is 1.67. The number of anilines is 1. The van der Waals surface area contributed by atoms with Crippen LogP contribution in [0.1, 0.15) is 30.7 Å². The molecule has 0 aliphatic rings. The molecule has 0 saturated carbocycles. The highest BCUT2D eigenvalue weighted by Crippen LogP contribution is 2.22. The predicted octanol–water partition coefficient (Wildman–Crippen LogP) is -0.0184. The van der Waals surface area contributed by atoms with Crippen molar-refractivity contribution >= 4 is 11.7 Å². The van der Waals surface area contributed by atoms with Gasteiger partial charge in [-0.05, 0) is 18.4 Å². The average Bonchev–Trinajstić information content (AvgIpc) is 2.35. The number of carbonyl (C=O) groups is 1. The number of amides is 1. The zero-order chi connectivity index (χ0) is 13.7. The highest BCUT2D eigenvalue weighted by atomic mass is 16.1. The summed E-state index contributed by atoms with van der Waals surface area (Å²) in [5, 5.41) is 8.38. The van der Waals surface area contributed by atoms with Crippen LogP contribution < -0.4 is 16.4 Å². The van der Waals surface area contributed by atoms with E-state index in [-0.39, 0.29) is 6.54 Å². The van der Waals surface area contributed by atoms with Gasteiger partial charge in [0, 0.05) is 19.2 Å². The molecule has 1 heterocycles. The zero-order valence-corrected chi connectivity index (χ0v) is 11.2. The quantitative estimate of drug-likeness (QED) is 0.740. The van der Waals surface area contributed by atoms with Crippen molar-refractivity contribution in [3.05, 3.63) is 16.8 Å². The fourth-order valence-electron chi connectivity index (χ4n) is 2.07. The number of nitrogens with two attached hydrogens (primary N) is 2. The van der Waals surface area contributed by atoms with Crippen molar-refractivity contribution in [2.75, 3.05) is 18.5 Å². The lowest BCUT2D eigenvalue weighted by Gasteiger charge is -2.21. The Labute approximate surface area is 107 Å². The Morgan fingerprint density at radius 3 is 2.33 bits per heavy atom. The van der Waals surface area contributed by atoms with Crippen LogP contribution in [0.25, 0.3) is 0 Å². The fourth-order valence-corrected chi connectivity index (χ4v) is 2.07. The molecule has 0 atom stereocenters. The molecule has 18 heavy (non-hydrogen) atoms. The first-order chi connectivity index (χ1) is 8.54. The summed E-state index contributed by atoms with van der Waals surface area (Å²) in [5.41, 5.74) is 14.0. The minimum absolute atomic E-state index is 0.107. The van der Waals surface area contributed by atoms with Crippen LogP contribution in [-0.2, 0) is 24.2 Å². The van der Waals surface area contributed by atoms with Crippen molar-refractivity contribution in [2.45, 2.75) is 33.2 Å². The second-order valence-electron chi connectivity index (χ2n) is 4.16. The van der Waals surface area contributed by atoms with Crippen molar-refractivity contribution in [1.82, 2.24) is 10.2 Å². The number of rotatable bonds is 6.